The minimum Gasteiger partial charge on any atom is -0.541 e. The molecule has 0 aromatic heterocycles. The van der Waals surface area contributed by atoms with Gasteiger partial charge in [0.05, 0.1) is 0 Å². The normalized spacial score (nSPS) is 11.4. The van der Waals surface area contributed by atoms with Crippen LogP contribution in [-0.2, 0) is 0 Å². The standard InChI is InChI=1S/C12H20O2Si/c1-4-15(5-2,6-3)14-12-10-8-7-9-11(12)13/h7-10,13H,4-6H2,1-3H3. The Morgan fingerprint density at radius 3 is 2.07 bits per heavy atom. The van der Waals surface area contributed by atoms with Crippen molar-refractivity contribution in [2.24, 2.45) is 0 Å². The molecule has 1 aromatic carbocycles. The number of hydrogen-bond donors (Lipinski definition) is 1. The van der Waals surface area contributed by atoms with Crippen molar-refractivity contribution >= 4 is 8.32 Å². The molecule has 0 aliphatic heterocycles. The second-order valence-electron chi connectivity index (χ2n) is 3.81. The van der Waals surface area contributed by atoms with Gasteiger partial charge in [-0.05, 0) is 30.3 Å². The molecule has 0 saturated heterocycles. The van der Waals surface area contributed by atoms with Crippen LogP contribution in [-0.4, -0.2) is 13.4 Å². The van der Waals surface area contributed by atoms with Gasteiger partial charge < -0.3 is 9.53 Å². The summed E-state index contributed by atoms with van der Waals surface area (Å²) in [4.78, 5) is 0. The highest BCUT2D eigenvalue weighted by atomic mass is 28.4. The molecule has 0 saturated carbocycles. The van der Waals surface area contributed by atoms with Gasteiger partial charge in [0.1, 0.15) is 5.75 Å². The molecule has 0 bridgehead atoms. The van der Waals surface area contributed by atoms with Gasteiger partial charge >= 0.3 is 0 Å². The van der Waals surface area contributed by atoms with Gasteiger partial charge in [-0.25, -0.2) is 0 Å². The third-order valence-corrected chi connectivity index (χ3v) is 7.64. The lowest BCUT2D eigenvalue weighted by Gasteiger charge is -2.29. The molecule has 84 valence electrons. The van der Waals surface area contributed by atoms with Crippen LogP contribution in [0.1, 0.15) is 20.8 Å². The first-order valence-electron chi connectivity index (χ1n) is 5.64. The number of rotatable bonds is 5. The zero-order chi connectivity index (χ0) is 11.3. The second kappa shape index (κ2) is 5.21. The predicted molar refractivity (Wildman–Crippen MR) is 65.9 cm³/mol. The van der Waals surface area contributed by atoms with Gasteiger partial charge in [-0.15, -0.1) is 0 Å². The average molecular weight is 224 g/mol. The van der Waals surface area contributed by atoms with E-state index in [2.05, 4.69) is 20.8 Å². The molecule has 0 atom stereocenters. The second-order valence-corrected chi connectivity index (χ2v) is 8.50. The maximum Gasteiger partial charge on any atom is 0.250 e. The zero-order valence-electron chi connectivity index (χ0n) is 9.79. The van der Waals surface area contributed by atoms with Crippen molar-refractivity contribution in [2.45, 2.75) is 38.9 Å². The van der Waals surface area contributed by atoms with Crippen LogP contribution in [0.3, 0.4) is 0 Å². The molecule has 3 heteroatoms. The van der Waals surface area contributed by atoms with Crippen LogP contribution in [0, 0.1) is 0 Å². The number of phenolic OH excluding ortho intramolecular Hbond substituents is 1. The third kappa shape index (κ3) is 2.75. The largest absolute Gasteiger partial charge is 0.541 e. The van der Waals surface area contributed by atoms with Crippen LogP contribution in [0.2, 0.25) is 18.1 Å². The van der Waals surface area contributed by atoms with E-state index < -0.39 is 8.32 Å². The van der Waals surface area contributed by atoms with Gasteiger partial charge in [0.25, 0.3) is 8.32 Å². The van der Waals surface area contributed by atoms with E-state index in [-0.39, 0.29) is 5.75 Å². The van der Waals surface area contributed by atoms with Crippen LogP contribution in [0.5, 0.6) is 11.5 Å². The quantitative estimate of drug-likeness (QED) is 0.771. The molecule has 0 radical (unpaired) electrons. The van der Waals surface area contributed by atoms with E-state index in [1.807, 2.05) is 18.2 Å². The summed E-state index contributed by atoms with van der Waals surface area (Å²) >= 11 is 0. The molecule has 0 aliphatic carbocycles. The van der Waals surface area contributed by atoms with Gasteiger partial charge in [0.2, 0.25) is 0 Å². The Morgan fingerprint density at radius 1 is 1.07 bits per heavy atom. The van der Waals surface area contributed by atoms with E-state index >= 15 is 0 Å². The molecule has 1 rings (SSSR count). The van der Waals surface area contributed by atoms with Crippen LogP contribution in [0.15, 0.2) is 24.3 Å². The molecule has 15 heavy (non-hydrogen) atoms. The smallest absolute Gasteiger partial charge is 0.250 e. The van der Waals surface area contributed by atoms with E-state index in [0.717, 1.165) is 18.1 Å². The van der Waals surface area contributed by atoms with Gasteiger partial charge in [-0.3, -0.25) is 0 Å². The molecule has 0 spiro atoms. The Hall–Kier alpha value is -0.963. The predicted octanol–water partition coefficient (Wildman–Crippen LogP) is 3.78. The highest BCUT2D eigenvalue weighted by molar-refractivity contribution is 6.74. The Bertz CT molecular complexity index is 300. The molecule has 1 N–H and O–H groups in total. The van der Waals surface area contributed by atoms with Gasteiger partial charge in [-0.2, -0.15) is 0 Å². The van der Waals surface area contributed by atoms with Crippen LogP contribution in [0.4, 0.5) is 0 Å². The Labute approximate surface area is 93.0 Å². The zero-order valence-corrected chi connectivity index (χ0v) is 10.8. The Morgan fingerprint density at radius 2 is 1.60 bits per heavy atom. The molecule has 0 unspecified atom stereocenters. The summed E-state index contributed by atoms with van der Waals surface area (Å²) < 4.78 is 6.07. The Balaban J connectivity index is 2.88. The summed E-state index contributed by atoms with van der Waals surface area (Å²) in [6, 6.07) is 10.5. The molecule has 0 heterocycles. The third-order valence-electron chi connectivity index (χ3n) is 3.12. The summed E-state index contributed by atoms with van der Waals surface area (Å²) in [7, 11) is -1.65. The number of benzene rings is 1. The van der Waals surface area contributed by atoms with Crippen LogP contribution >= 0.6 is 0 Å². The van der Waals surface area contributed by atoms with E-state index in [9.17, 15) is 5.11 Å². The van der Waals surface area contributed by atoms with Crippen molar-refractivity contribution < 1.29 is 9.53 Å². The molecule has 0 fully saturated rings. The first kappa shape index (κ1) is 12.1. The molecule has 0 amide bonds. The number of aromatic hydroxyl groups is 1. The molecule has 2 nitrogen and oxygen atoms in total. The highest BCUT2D eigenvalue weighted by Gasteiger charge is 2.31. The summed E-state index contributed by atoms with van der Waals surface area (Å²) in [6.45, 7) is 6.54. The molecule has 0 aliphatic rings. The lowest BCUT2D eigenvalue weighted by Crippen LogP contribution is -2.39. The minimum atomic E-state index is -1.65. The van der Waals surface area contributed by atoms with Gasteiger partial charge in [0, 0.05) is 0 Å². The van der Waals surface area contributed by atoms with E-state index in [4.69, 9.17) is 4.43 Å². The monoisotopic (exact) mass is 224 g/mol. The van der Waals surface area contributed by atoms with Gasteiger partial charge in [0.15, 0.2) is 5.75 Å². The fourth-order valence-corrected chi connectivity index (χ4v) is 4.32. The first-order valence-corrected chi connectivity index (χ1v) is 8.17. The number of para-hydroxylation sites is 2. The summed E-state index contributed by atoms with van der Waals surface area (Å²) in [6.07, 6.45) is 0. The summed E-state index contributed by atoms with van der Waals surface area (Å²) in [5, 5.41) is 9.66. The minimum absolute atomic E-state index is 0.254. The lowest BCUT2D eigenvalue weighted by atomic mass is 10.3. The van der Waals surface area contributed by atoms with Crippen LogP contribution in [0.25, 0.3) is 0 Å². The molecular formula is C12H20O2Si. The fourth-order valence-electron chi connectivity index (χ4n) is 1.74. The number of hydrogen-bond acceptors (Lipinski definition) is 2. The van der Waals surface area contributed by atoms with E-state index in [0.29, 0.717) is 5.75 Å². The van der Waals surface area contributed by atoms with Crippen LogP contribution < -0.4 is 4.43 Å². The SMILES string of the molecule is CC[Si](CC)(CC)Oc1ccccc1O. The molecular weight excluding hydrogens is 204 g/mol. The lowest BCUT2D eigenvalue weighted by molar-refractivity contribution is 0.431. The molecule has 1 aromatic rings. The maximum atomic E-state index is 9.66. The number of phenols is 1. The maximum absolute atomic E-state index is 9.66. The first-order chi connectivity index (χ1) is 7.17. The van der Waals surface area contributed by atoms with Crippen molar-refractivity contribution in [1.29, 1.82) is 0 Å². The fraction of sp³-hybridized carbons (Fsp3) is 0.500. The summed E-state index contributed by atoms with van der Waals surface area (Å²) in [5.74, 6) is 0.902. The summed E-state index contributed by atoms with van der Waals surface area (Å²) in [5.41, 5.74) is 0. The Kier molecular flexibility index (Phi) is 4.21. The average Bonchev–Trinajstić information content (AvgIpc) is 2.29. The topological polar surface area (TPSA) is 29.5 Å². The van der Waals surface area contributed by atoms with Crippen molar-refractivity contribution in [3.05, 3.63) is 24.3 Å². The van der Waals surface area contributed by atoms with Gasteiger partial charge in [-0.1, -0.05) is 32.9 Å². The van der Waals surface area contributed by atoms with E-state index in [1.54, 1.807) is 6.07 Å². The van der Waals surface area contributed by atoms with E-state index in [1.165, 1.54) is 0 Å². The van der Waals surface area contributed by atoms with Crippen molar-refractivity contribution in [3.63, 3.8) is 0 Å². The highest BCUT2D eigenvalue weighted by Crippen LogP contribution is 2.31. The van der Waals surface area contributed by atoms with Crippen molar-refractivity contribution in [2.75, 3.05) is 0 Å². The van der Waals surface area contributed by atoms with Crippen molar-refractivity contribution in [1.82, 2.24) is 0 Å². The van der Waals surface area contributed by atoms with Crippen molar-refractivity contribution in [3.8, 4) is 11.5 Å².